The molecule has 0 radical (unpaired) electrons. The fraction of sp³-hybridized carbons (Fsp3) is 0.364. The molecule has 1 aliphatic rings. The largest absolute Gasteiger partial charge is 0.459 e. The van der Waals surface area contributed by atoms with Gasteiger partial charge in [0.1, 0.15) is 30.4 Å². The number of Topliss-reactive ketones (excluding diaryl/α,β-unsaturated/α-hetero) is 1. The lowest BCUT2D eigenvalue weighted by molar-refractivity contribution is 0.0766. The lowest BCUT2D eigenvalue weighted by atomic mass is 10.00. The second-order valence-electron chi connectivity index (χ2n) is 6.99. The first-order valence-corrected chi connectivity index (χ1v) is 9.56. The van der Waals surface area contributed by atoms with Crippen LogP contribution >= 0.6 is 0 Å². The Kier molecular flexibility index (Phi) is 5.99. The van der Waals surface area contributed by atoms with Crippen LogP contribution in [0.15, 0.2) is 57.5 Å². The highest BCUT2D eigenvalue weighted by atomic mass is 16.5. The molecule has 6 nitrogen and oxygen atoms in total. The first kappa shape index (κ1) is 18.7. The molecule has 0 spiro atoms. The van der Waals surface area contributed by atoms with Gasteiger partial charge in [-0.2, -0.15) is 0 Å². The van der Waals surface area contributed by atoms with Gasteiger partial charge in [0.15, 0.2) is 11.5 Å². The van der Waals surface area contributed by atoms with Gasteiger partial charge in [0.2, 0.25) is 0 Å². The molecule has 0 N–H and O–H groups in total. The molecule has 0 bridgehead atoms. The Hall–Kier alpha value is -2.70. The van der Waals surface area contributed by atoms with E-state index >= 15 is 0 Å². The van der Waals surface area contributed by atoms with Gasteiger partial charge in [0, 0.05) is 31.3 Å². The molecule has 1 atom stereocenters. The van der Waals surface area contributed by atoms with Crippen LogP contribution in [0.2, 0.25) is 0 Å². The van der Waals surface area contributed by atoms with E-state index < -0.39 is 0 Å². The number of carbonyl (C=O) groups is 1. The molecule has 1 aromatic carbocycles. The Morgan fingerprint density at radius 2 is 1.96 bits per heavy atom. The van der Waals surface area contributed by atoms with Crippen LogP contribution in [0.4, 0.5) is 0 Å². The quantitative estimate of drug-likeness (QED) is 0.502. The van der Waals surface area contributed by atoms with Gasteiger partial charge < -0.3 is 18.4 Å². The van der Waals surface area contributed by atoms with E-state index in [0.717, 1.165) is 43.1 Å². The van der Waals surface area contributed by atoms with Crippen LogP contribution in [-0.4, -0.2) is 24.2 Å². The molecule has 1 unspecified atom stereocenters. The van der Waals surface area contributed by atoms with Crippen molar-refractivity contribution in [1.29, 1.82) is 0 Å². The number of hydrogen-bond acceptors (Lipinski definition) is 6. The van der Waals surface area contributed by atoms with Crippen LogP contribution in [-0.2, 0) is 22.7 Å². The van der Waals surface area contributed by atoms with E-state index in [9.17, 15) is 4.79 Å². The van der Waals surface area contributed by atoms with E-state index in [1.165, 1.54) is 0 Å². The average molecular weight is 381 g/mol. The second-order valence-corrected chi connectivity index (χ2v) is 6.99. The number of aromatic nitrogens is 1. The molecule has 146 valence electrons. The second kappa shape index (κ2) is 8.99. The minimum atomic E-state index is 0.000405. The van der Waals surface area contributed by atoms with Crippen molar-refractivity contribution in [1.82, 2.24) is 5.16 Å². The lowest BCUT2D eigenvalue weighted by Gasteiger charge is -2.04. The summed E-state index contributed by atoms with van der Waals surface area (Å²) < 4.78 is 22.0. The lowest BCUT2D eigenvalue weighted by Crippen LogP contribution is -2.05. The molecule has 3 aromatic rings. The number of benzene rings is 1. The van der Waals surface area contributed by atoms with Gasteiger partial charge in [-0.05, 0) is 30.9 Å². The van der Waals surface area contributed by atoms with Gasteiger partial charge in [0.05, 0.1) is 0 Å². The zero-order chi connectivity index (χ0) is 19.2. The van der Waals surface area contributed by atoms with Crippen LogP contribution < -0.4 is 0 Å². The van der Waals surface area contributed by atoms with Crippen molar-refractivity contribution in [2.24, 2.45) is 5.92 Å². The Labute approximate surface area is 163 Å². The Morgan fingerprint density at radius 3 is 2.79 bits per heavy atom. The van der Waals surface area contributed by atoms with Gasteiger partial charge in [0.25, 0.3) is 0 Å². The third-order valence-corrected chi connectivity index (χ3v) is 4.86. The summed E-state index contributed by atoms with van der Waals surface area (Å²) in [5.74, 6) is 2.54. The number of hydrogen-bond donors (Lipinski definition) is 0. The molecule has 6 heteroatoms. The van der Waals surface area contributed by atoms with E-state index in [0.29, 0.717) is 30.4 Å². The van der Waals surface area contributed by atoms with Gasteiger partial charge in [-0.1, -0.05) is 35.5 Å². The predicted octanol–water partition coefficient (Wildman–Crippen LogP) is 4.65. The monoisotopic (exact) mass is 381 g/mol. The number of rotatable bonds is 9. The Bertz CT molecular complexity index is 893. The van der Waals surface area contributed by atoms with E-state index in [2.05, 4.69) is 5.16 Å². The van der Waals surface area contributed by atoms with Crippen molar-refractivity contribution in [3.63, 3.8) is 0 Å². The summed E-state index contributed by atoms with van der Waals surface area (Å²) in [6, 6.07) is 15.4. The molecule has 2 aromatic heterocycles. The molecule has 3 heterocycles. The summed E-state index contributed by atoms with van der Waals surface area (Å²) in [6.45, 7) is 2.10. The maximum Gasteiger partial charge on any atom is 0.184 e. The summed E-state index contributed by atoms with van der Waals surface area (Å²) in [6.07, 6.45) is 2.33. The molecule has 4 rings (SSSR count). The van der Waals surface area contributed by atoms with Crippen LogP contribution in [0.25, 0.3) is 11.3 Å². The minimum absolute atomic E-state index is 0.000405. The van der Waals surface area contributed by atoms with E-state index in [4.69, 9.17) is 18.4 Å². The van der Waals surface area contributed by atoms with Crippen LogP contribution in [0.1, 0.15) is 41.3 Å². The number of furan rings is 1. The number of ether oxygens (including phenoxy) is 2. The SMILES string of the molecule is O=C(CCC1CCOC1)c1cc(COCc2ccc(-c3ccccc3)o2)on1. The topological polar surface area (TPSA) is 74.7 Å². The normalized spacial score (nSPS) is 16.5. The smallest absolute Gasteiger partial charge is 0.184 e. The molecule has 1 fully saturated rings. The van der Waals surface area contributed by atoms with Crippen LogP contribution in [0, 0.1) is 5.92 Å². The van der Waals surface area contributed by atoms with Crippen molar-refractivity contribution >= 4 is 5.78 Å². The zero-order valence-corrected chi connectivity index (χ0v) is 15.6. The average Bonchev–Trinajstić information content (AvgIpc) is 3.49. The third kappa shape index (κ3) is 4.77. The molecule has 1 saturated heterocycles. The fourth-order valence-electron chi connectivity index (χ4n) is 3.25. The number of ketones is 1. The van der Waals surface area contributed by atoms with Crippen molar-refractivity contribution in [2.45, 2.75) is 32.5 Å². The van der Waals surface area contributed by atoms with Crippen molar-refractivity contribution in [3.05, 3.63) is 65.7 Å². The van der Waals surface area contributed by atoms with Gasteiger partial charge >= 0.3 is 0 Å². The summed E-state index contributed by atoms with van der Waals surface area (Å²) >= 11 is 0. The van der Waals surface area contributed by atoms with Crippen LogP contribution in [0.3, 0.4) is 0 Å². The Balaban J connectivity index is 1.23. The molecule has 0 aliphatic carbocycles. The van der Waals surface area contributed by atoms with E-state index in [-0.39, 0.29) is 12.4 Å². The highest BCUT2D eigenvalue weighted by Gasteiger charge is 2.19. The summed E-state index contributed by atoms with van der Waals surface area (Å²) in [4.78, 5) is 12.2. The zero-order valence-electron chi connectivity index (χ0n) is 15.6. The minimum Gasteiger partial charge on any atom is -0.459 e. The van der Waals surface area contributed by atoms with Crippen molar-refractivity contribution in [3.8, 4) is 11.3 Å². The molecule has 28 heavy (non-hydrogen) atoms. The van der Waals surface area contributed by atoms with E-state index in [1.807, 2.05) is 42.5 Å². The van der Waals surface area contributed by atoms with Gasteiger partial charge in [-0.25, -0.2) is 0 Å². The molecular formula is C22H23NO5. The standard InChI is InChI=1S/C22H23NO5/c24-21(8-6-16-10-11-25-13-16)20-12-19(28-23-20)15-26-14-18-7-9-22(27-18)17-4-2-1-3-5-17/h1-5,7,9,12,16H,6,8,10-11,13-15H2. The summed E-state index contributed by atoms with van der Waals surface area (Å²) in [5, 5.41) is 3.87. The first-order valence-electron chi connectivity index (χ1n) is 9.56. The van der Waals surface area contributed by atoms with E-state index in [1.54, 1.807) is 6.07 Å². The summed E-state index contributed by atoms with van der Waals surface area (Å²) in [7, 11) is 0. The molecule has 0 amide bonds. The third-order valence-electron chi connectivity index (χ3n) is 4.86. The van der Waals surface area contributed by atoms with Gasteiger partial charge in [-0.3, -0.25) is 4.79 Å². The molecular weight excluding hydrogens is 358 g/mol. The maximum absolute atomic E-state index is 12.2. The molecule has 1 aliphatic heterocycles. The first-order chi connectivity index (χ1) is 13.8. The maximum atomic E-state index is 12.2. The number of nitrogens with zero attached hydrogens (tertiary/aromatic N) is 1. The van der Waals surface area contributed by atoms with Crippen molar-refractivity contribution < 1.29 is 23.2 Å². The summed E-state index contributed by atoms with van der Waals surface area (Å²) in [5.41, 5.74) is 1.39. The highest BCUT2D eigenvalue weighted by molar-refractivity contribution is 5.94. The highest BCUT2D eigenvalue weighted by Crippen LogP contribution is 2.23. The Morgan fingerprint density at radius 1 is 1.11 bits per heavy atom. The van der Waals surface area contributed by atoms with Gasteiger partial charge in [-0.15, -0.1) is 0 Å². The molecule has 0 saturated carbocycles. The number of carbonyl (C=O) groups excluding carboxylic acids is 1. The van der Waals surface area contributed by atoms with Crippen LogP contribution in [0.5, 0.6) is 0 Å². The fourth-order valence-corrected chi connectivity index (χ4v) is 3.25. The predicted molar refractivity (Wildman–Crippen MR) is 102 cm³/mol. The van der Waals surface area contributed by atoms with Crippen molar-refractivity contribution in [2.75, 3.05) is 13.2 Å².